The van der Waals surface area contributed by atoms with Crippen LogP contribution in [0.15, 0.2) is 110 Å². The zero-order chi connectivity index (χ0) is 50.2. The highest BCUT2D eigenvalue weighted by Crippen LogP contribution is 2.31. The molecule has 0 unspecified atom stereocenters. The Hall–Kier alpha value is -6.43. The molecule has 366 valence electrons. The summed E-state index contributed by atoms with van der Waals surface area (Å²) < 4.78 is 33.4. The Morgan fingerprint density at radius 3 is 1.56 bits per heavy atom. The Morgan fingerprint density at radius 1 is 0.643 bits per heavy atom. The maximum Gasteiger partial charge on any atom is 0.376 e. The van der Waals surface area contributed by atoms with E-state index in [9.17, 15) is 18.3 Å². The van der Waals surface area contributed by atoms with E-state index < -0.39 is 27.6 Å². The van der Waals surface area contributed by atoms with Gasteiger partial charge in [-0.25, -0.2) is 34.1 Å². The molecule has 8 rings (SSSR count). The summed E-state index contributed by atoms with van der Waals surface area (Å²) in [6, 6.07) is 27.7. The first kappa shape index (κ1) is 51.4. The Morgan fingerprint density at radius 2 is 1.11 bits per heavy atom. The van der Waals surface area contributed by atoms with Crippen LogP contribution < -0.4 is 0 Å². The topological polar surface area (TPSA) is 194 Å². The molecule has 0 spiro atoms. The molecule has 0 radical (unpaired) electrons. The molecule has 0 fully saturated rings. The fourth-order valence-corrected chi connectivity index (χ4v) is 10.2. The van der Waals surface area contributed by atoms with Crippen molar-refractivity contribution in [3.63, 3.8) is 0 Å². The van der Waals surface area contributed by atoms with Crippen LogP contribution in [0.25, 0.3) is 56.0 Å². The van der Waals surface area contributed by atoms with Gasteiger partial charge in [0.1, 0.15) is 6.61 Å². The molecule has 0 aliphatic heterocycles. The zero-order valence-electron chi connectivity index (χ0n) is 41.4. The first-order valence-electron chi connectivity index (χ1n) is 23.5. The summed E-state index contributed by atoms with van der Waals surface area (Å²) >= 11 is 0. The van der Waals surface area contributed by atoms with Crippen molar-refractivity contribution in [3.05, 3.63) is 133 Å². The standard InChI is InChI=1S/C27H31N5O3S.C26H31N5O2S/c1-6-8-20(17-36(34)27(2,3)4)22-10-7-9-21(30-22)18-11-12-19-16-29-32(23(19)15-18)24-13-14-28-25(31-24)26(33)35-5;1-5-7-20(17-34(33)26(2,3)4)22-9-6-8-21(29-22)18-10-11-19-15-28-31(23(19)14-18)25-12-13-27-24(16-32)30-25/h7,9-16,20H,6,8,17H2,1-5H3;6,8-15,20,32H,5,7,16-17H2,1-4H3/t20-,36+;20-,34+/m11/s1. The van der Waals surface area contributed by atoms with Crippen molar-refractivity contribution in [1.82, 2.24) is 49.5 Å². The summed E-state index contributed by atoms with van der Waals surface area (Å²) in [5.41, 5.74) is 7.27. The van der Waals surface area contributed by atoms with Crippen LogP contribution >= 0.6 is 0 Å². The normalized spacial score (nSPS) is 13.6. The number of hydrogen-bond acceptors (Lipinski definition) is 13. The molecule has 15 nitrogen and oxygen atoms in total. The van der Waals surface area contributed by atoms with Crippen LogP contribution in [0.1, 0.15) is 121 Å². The molecule has 1 N–H and O–H groups in total. The molecule has 6 aromatic heterocycles. The lowest BCUT2D eigenvalue weighted by atomic mass is 10.00. The molecule has 2 aromatic carbocycles. The highest BCUT2D eigenvalue weighted by Gasteiger charge is 2.26. The highest BCUT2D eigenvalue weighted by atomic mass is 32.2. The van der Waals surface area contributed by atoms with Crippen molar-refractivity contribution in [1.29, 1.82) is 0 Å². The van der Waals surface area contributed by atoms with Gasteiger partial charge in [-0.3, -0.25) is 18.4 Å². The van der Waals surface area contributed by atoms with Gasteiger partial charge >= 0.3 is 5.97 Å². The lowest BCUT2D eigenvalue weighted by Crippen LogP contribution is -2.27. The van der Waals surface area contributed by atoms with E-state index in [1.165, 1.54) is 13.3 Å². The lowest BCUT2D eigenvalue weighted by molar-refractivity contribution is 0.0586. The predicted octanol–water partition coefficient (Wildman–Crippen LogP) is 9.90. The quantitative estimate of drug-likeness (QED) is 0.0900. The molecular formula is C53H62N10O5S2. The van der Waals surface area contributed by atoms with Crippen LogP contribution in [-0.2, 0) is 32.9 Å². The Balaban J connectivity index is 0.000000207. The van der Waals surface area contributed by atoms with Crippen molar-refractivity contribution >= 4 is 49.4 Å². The summed E-state index contributed by atoms with van der Waals surface area (Å²) in [6.07, 6.45) is 10.6. The number of aliphatic hydroxyl groups is 1. The van der Waals surface area contributed by atoms with E-state index in [4.69, 9.17) is 14.7 Å². The summed E-state index contributed by atoms with van der Waals surface area (Å²) in [5.74, 6) is 2.26. The second-order valence-electron chi connectivity index (χ2n) is 19.0. The van der Waals surface area contributed by atoms with Crippen LogP contribution in [0.4, 0.5) is 0 Å². The minimum absolute atomic E-state index is 0.0289. The number of esters is 1. The van der Waals surface area contributed by atoms with Gasteiger partial charge in [-0.1, -0.05) is 63.1 Å². The maximum atomic E-state index is 12.9. The van der Waals surface area contributed by atoms with Crippen molar-refractivity contribution < 1.29 is 23.1 Å². The molecule has 17 heteroatoms. The highest BCUT2D eigenvalue weighted by molar-refractivity contribution is 7.86. The third-order valence-electron chi connectivity index (χ3n) is 11.7. The number of aromatic nitrogens is 10. The van der Waals surface area contributed by atoms with E-state index in [1.807, 2.05) is 108 Å². The van der Waals surface area contributed by atoms with E-state index in [0.717, 1.165) is 81.4 Å². The number of fused-ring (bicyclic) bond motifs is 2. The number of methoxy groups -OCH3 is 1. The second kappa shape index (κ2) is 22.5. The number of carbonyl (C=O) groups excluding carboxylic acids is 1. The number of pyridine rings is 2. The van der Waals surface area contributed by atoms with Crippen molar-refractivity contribution in [2.75, 3.05) is 18.6 Å². The number of hydrogen-bond donors (Lipinski definition) is 1. The van der Waals surface area contributed by atoms with Crippen molar-refractivity contribution in [2.24, 2.45) is 0 Å². The Bertz CT molecular complexity index is 3140. The smallest absolute Gasteiger partial charge is 0.376 e. The van der Waals surface area contributed by atoms with Gasteiger partial charge in [0.25, 0.3) is 0 Å². The van der Waals surface area contributed by atoms with Gasteiger partial charge in [0, 0.05) is 112 Å². The summed E-state index contributed by atoms with van der Waals surface area (Å²) in [6.45, 7) is 16.2. The SMILES string of the molecule is CCC[C@H](C[S@](=O)C(C)(C)C)c1cccc(-c2ccc3cnn(-c4ccnc(C(=O)OC)n4)c3c2)n1.CCC[C@H](C[S@](=O)C(C)(C)C)c1cccc(-c2ccc3cnn(-c4ccnc(CO)n4)c3c2)n1. The third-order valence-corrected chi connectivity index (χ3v) is 15.9. The predicted molar refractivity (Wildman–Crippen MR) is 278 cm³/mol. The molecule has 0 bridgehead atoms. The Kier molecular flexibility index (Phi) is 16.6. The molecule has 70 heavy (non-hydrogen) atoms. The van der Waals surface area contributed by atoms with Crippen LogP contribution in [0.3, 0.4) is 0 Å². The minimum atomic E-state index is -0.961. The van der Waals surface area contributed by atoms with Gasteiger partial charge in [-0.05, 0) is 90.8 Å². The lowest BCUT2D eigenvalue weighted by Gasteiger charge is -2.23. The number of nitrogens with zero attached hydrogens (tertiary/aromatic N) is 10. The molecule has 0 aliphatic carbocycles. The van der Waals surface area contributed by atoms with Crippen molar-refractivity contribution in [2.45, 2.75) is 109 Å². The Labute approximate surface area is 414 Å². The minimum Gasteiger partial charge on any atom is -0.463 e. The van der Waals surface area contributed by atoms with E-state index in [2.05, 4.69) is 50.0 Å². The van der Waals surface area contributed by atoms with E-state index in [-0.39, 0.29) is 33.8 Å². The molecule has 0 saturated heterocycles. The van der Waals surface area contributed by atoms with E-state index in [1.54, 1.807) is 40.1 Å². The van der Waals surface area contributed by atoms with Crippen LogP contribution in [-0.4, -0.2) is 97.1 Å². The number of aliphatic hydroxyl groups excluding tert-OH is 1. The number of rotatable bonds is 16. The molecule has 4 atom stereocenters. The van der Waals surface area contributed by atoms with Crippen LogP contribution in [0, 0.1) is 0 Å². The first-order valence-corrected chi connectivity index (χ1v) is 26.2. The molecule has 0 aliphatic rings. The fourth-order valence-electron chi connectivity index (χ4n) is 7.83. The van der Waals surface area contributed by atoms with Gasteiger partial charge in [-0.15, -0.1) is 0 Å². The molecule has 0 saturated carbocycles. The van der Waals surface area contributed by atoms with Gasteiger partial charge in [0.2, 0.25) is 5.82 Å². The van der Waals surface area contributed by atoms with Crippen LogP contribution in [0.5, 0.6) is 0 Å². The fraction of sp³-hybridized carbons (Fsp3) is 0.377. The number of benzene rings is 2. The summed E-state index contributed by atoms with van der Waals surface area (Å²) in [7, 11) is -0.610. The van der Waals surface area contributed by atoms with Gasteiger partial charge in [-0.2, -0.15) is 10.2 Å². The molecule has 0 amide bonds. The van der Waals surface area contributed by atoms with E-state index in [0.29, 0.717) is 29.0 Å². The second-order valence-corrected chi connectivity index (χ2v) is 23.5. The van der Waals surface area contributed by atoms with Gasteiger partial charge < -0.3 is 9.84 Å². The van der Waals surface area contributed by atoms with Crippen LogP contribution in [0.2, 0.25) is 0 Å². The third kappa shape index (κ3) is 12.3. The number of ether oxygens (including phenoxy) is 1. The average molecular weight is 983 g/mol. The molecular weight excluding hydrogens is 921 g/mol. The van der Waals surface area contributed by atoms with E-state index >= 15 is 0 Å². The first-order chi connectivity index (χ1) is 33.5. The van der Waals surface area contributed by atoms with Gasteiger partial charge in [0.15, 0.2) is 17.5 Å². The molecule has 8 aromatic rings. The summed E-state index contributed by atoms with van der Waals surface area (Å²) in [5, 5.41) is 20.3. The maximum absolute atomic E-state index is 12.9. The molecule has 6 heterocycles. The van der Waals surface area contributed by atoms with Gasteiger partial charge in [0.05, 0.1) is 41.9 Å². The summed E-state index contributed by atoms with van der Waals surface area (Å²) in [4.78, 5) is 38.6. The average Bonchev–Trinajstić information content (AvgIpc) is 4.00. The monoisotopic (exact) mass is 982 g/mol. The largest absolute Gasteiger partial charge is 0.463 e. The van der Waals surface area contributed by atoms with Crippen molar-refractivity contribution in [3.8, 4) is 34.2 Å². The zero-order valence-corrected chi connectivity index (χ0v) is 43.0. The number of carbonyl (C=O) groups is 1.